The molecule has 0 saturated carbocycles. The minimum Gasteiger partial charge on any atom is -0.491 e. The van der Waals surface area contributed by atoms with Crippen molar-refractivity contribution in [3.05, 3.63) is 66.5 Å². The van der Waals surface area contributed by atoms with Crippen LogP contribution in [0.25, 0.3) is 22.5 Å². The Morgan fingerprint density at radius 3 is 1.94 bits per heavy atom. The number of rotatable bonds is 16. The molecule has 4 heteroatoms. The molecule has 1 atom stereocenters. The van der Waals surface area contributed by atoms with Gasteiger partial charge >= 0.3 is 0 Å². The number of aromatic nitrogens is 2. The summed E-state index contributed by atoms with van der Waals surface area (Å²) in [4.78, 5) is 9.13. The summed E-state index contributed by atoms with van der Waals surface area (Å²) in [6, 6.07) is 16.3. The van der Waals surface area contributed by atoms with E-state index in [-0.39, 0.29) is 6.61 Å². The largest absolute Gasteiger partial charge is 0.491 e. The third-order valence-corrected chi connectivity index (χ3v) is 6.42. The molecule has 1 heterocycles. The van der Waals surface area contributed by atoms with Crippen LogP contribution >= 0.6 is 0 Å². The molecule has 3 nitrogen and oxygen atoms in total. The van der Waals surface area contributed by atoms with Crippen LogP contribution in [0.3, 0.4) is 0 Å². The molecule has 0 N–H and O–H groups in total. The molecule has 1 unspecified atom stereocenters. The topological polar surface area (TPSA) is 35.0 Å². The lowest BCUT2D eigenvalue weighted by molar-refractivity contribution is 0.184. The Morgan fingerprint density at radius 1 is 0.686 bits per heavy atom. The minimum absolute atomic E-state index is 0.107. The number of hydrogen-bond acceptors (Lipinski definition) is 3. The lowest BCUT2D eigenvalue weighted by atomic mass is 10.0. The Kier molecular flexibility index (Phi) is 11.7. The van der Waals surface area contributed by atoms with Crippen molar-refractivity contribution in [3.8, 4) is 28.3 Å². The van der Waals surface area contributed by atoms with Gasteiger partial charge in [-0.25, -0.2) is 14.4 Å². The van der Waals surface area contributed by atoms with Gasteiger partial charge in [-0.15, -0.1) is 0 Å². The number of ether oxygens (including phenoxy) is 1. The van der Waals surface area contributed by atoms with E-state index in [0.717, 1.165) is 36.0 Å². The summed E-state index contributed by atoms with van der Waals surface area (Å²) in [7, 11) is 0. The fourth-order valence-electron chi connectivity index (χ4n) is 4.19. The summed E-state index contributed by atoms with van der Waals surface area (Å²) >= 11 is 0. The first kappa shape index (κ1) is 26.8. The number of hydrogen-bond donors (Lipinski definition) is 0. The first-order chi connectivity index (χ1) is 17.2. The maximum absolute atomic E-state index is 14.1. The average molecular weight is 477 g/mol. The molecule has 35 heavy (non-hydrogen) atoms. The summed E-state index contributed by atoms with van der Waals surface area (Å²) in [5.74, 6) is 1.34. The number of benzene rings is 2. The Balaban J connectivity index is 1.47. The van der Waals surface area contributed by atoms with Gasteiger partial charge < -0.3 is 4.74 Å². The molecule has 1 aromatic heterocycles. The predicted molar refractivity (Wildman–Crippen MR) is 145 cm³/mol. The summed E-state index contributed by atoms with van der Waals surface area (Å²) in [5.41, 5.74) is 4.44. The van der Waals surface area contributed by atoms with Crippen molar-refractivity contribution in [1.29, 1.82) is 0 Å². The quantitative estimate of drug-likeness (QED) is 0.193. The van der Waals surface area contributed by atoms with Crippen molar-refractivity contribution in [2.24, 2.45) is 0 Å². The lowest BCUT2D eigenvalue weighted by Gasteiger charge is -2.11. The van der Waals surface area contributed by atoms with Crippen molar-refractivity contribution in [3.63, 3.8) is 0 Å². The van der Waals surface area contributed by atoms with E-state index in [0.29, 0.717) is 18.0 Å². The van der Waals surface area contributed by atoms with E-state index in [4.69, 9.17) is 4.74 Å². The normalized spacial score (nSPS) is 12.0. The Hall–Kier alpha value is -2.75. The molecule has 0 spiro atoms. The van der Waals surface area contributed by atoms with Crippen molar-refractivity contribution in [1.82, 2.24) is 9.97 Å². The second kappa shape index (κ2) is 15.3. The van der Waals surface area contributed by atoms with E-state index in [2.05, 4.69) is 48.1 Å². The number of halogens is 1. The standard InChI is InChI=1S/C31H41FN2O/c1-3-5-7-9-11-13-29(32)24-35-30-20-18-27(19-21-30)31-33-22-28(23-34-31)26-16-14-25(15-17-26)12-10-8-6-4-2/h14-23,29H,3-13,24H2,1-2H3. The third kappa shape index (κ3) is 9.43. The van der Waals surface area contributed by atoms with Gasteiger partial charge in [0.25, 0.3) is 0 Å². The minimum atomic E-state index is -0.915. The highest BCUT2D eigenvalue weighted by molar-refractivity contribution is 5.64. The van der Waals surface area contributed by atoms with Crippen LogP contribution in [0.2, 0.25) is 0 Å². The predicted octanol–water partition coefficient (Wildman–Crippen LogP) is 9.01. The molecular formula is C31H41FN2O. The molecule has 0 aliphatic rings. The van der Waals surface area contributed by atoms with Gasteiger partial charge in [-0.2, -0.15) is 0 Å². The van der Waals surface area contributed by atoms with Gasteiger partial charge in [-0.1, -0.05) is 89.5 Å². The van der Waals surface area contributed by atoms with E-state index in [9.17, 15) is 4.39 Å². The highest BCUT2D eigenvalue weighted by atomic mass is 19.1. The number of alkyl halides is 1. The zero-order chi connectivity index (χ0) is 24.7. The van der Waals surface area contributed by atoms with Crippen molar-refractivity contribution < 1.29 is 9.13 Å². The van der Waals surface area contributed by atoms with Crippen LogP contribution < -0.4 is 4.74 Å². The van der Waals surface area contributed by atoms with Crippen LogP contribution in [-0.2, 0) is 6.42 Å². The first-order valence-corrected chi connectivity index (χ1v) is 13.5. The van der Waals surface area contributed by atoms with E-state index in [1.165, 1.54) is 50.5 Å². The zero-order valence-corrected chi connectivity index (χ0v) is 21.5. The summed E-state index contributed by atoms with van der Waals surface area (Å²) < 4.78 is 19.7. The first-order valence-electron chi connectivity index (χ1n) is 13.5. The molecule has 2 aromatic carbocycles. The molecule has 0 saturated heterocycles. The van der Waals surface area contributed by atoms with Crippen molar-refractivity contribution in [2.45, 2.75) is 90.6 Å². The van der Waals surface area contributed by atoms with Crippen LogP contribution in [0.4, 0.5) is 4.39 Å². The van der Waals surface area contributed by atoms with Gasteiger partial charge in [0, 0.05) is 23.5 Å². The monoisotopic (exact) mass is 476 g/mol. The Labute approximate surface area is 211 Å². The molecule has 0 radical (unpaired) electrons. The van der Waals surface area contributed by atoms with Gasteiger partial charge in [0.05, 0.1) is 0 Å². The van der Waals surface area contributed by atoms with E-state index in [1.54, 1.807) is 0 Å². The van der Waals surface area contributed by atoms with Crippen LogP contribution in [0.1, 0.15) is 83.6 Å². The lowest BCUT2D eigenvalue weighted by Crippen LogP contribution is -2.12. The number of aryl methyl sites for hydroxylation is 1. The highest BCUT2D eigenvalue weighted by Gasteiger charge is 2.09. The van der Waals surface area contributed by atoms with E-state index in [1.807, 2.05) is 36.7 Å². The van der Waals surface area contributed by atoms with Crippen LogP contribution in [-0.4, -0.2) is 22.7 Å². The number of unbranched alkanes of at least 4 members (excludes halogenated alkanes) is 7. The zero-order valence-electron chi connectivity index (χ0n) is 21.5. The number of nitrogens with zero attached hydrogens (tertiary/aromatic N) is 2. The van der Waals surface area contributed by atoms with Gasteiger partial charge in [0.2, 0.25) is 0 Å². The van der Waals surface area contributed by atoms with Crippen LogP contribution in [0.5, 0.6) is 5.75 Å². The van der Waals surface area contributed by atoms with Crippen LogP contribution in [0.15, 0.2) is 60.9 Å². The fourth-order valence-corrected chi connectivity index (χ4v) is 4.19. The Bertz CT molecular complexity index is 955. The molecule has 188 valence electrons. The third-order valence-electron chi connectivity index (χ3n) is 6.42. The molecule has 3 rings (SSSR count). The molecule has 0 amide bonds. The second-order valence-corrected chi connectivity index (χ2v) is 9.44. The maximum Gasteiger partial charge on any atom is 0.159 e. The molecule has 3 aromatic rings. The molecule has 0 aliphatic carbocycles. The SMILES string of the molecule is CCCCCCCC(F)COc1ccc(-c2ncc(-c3ccc(CCCCCC)cc3)cn2)cc1. The molecule has 0 aliphatic heterocycles. The summed E-state index contributed by atoms with van der Waals surface area (Å²) in [6.45, 7) is 4.54. The van der Waals surface area contributed by atoms with Crippen molar-refractivity contribution >= 4 is 0 Å². The van der Waals surface area contributed by atoms with Gasteiger partial charge in [-0.3, -0.25) is 0 Å². The van der Waals surface area contributed by atoms with Gasteiger partial charge in [0.1, 0.15) is 18.5 Å². The second-order valence-electron chi connectivity index (χ2n) is 9.44. The molecular weight excluding hydrogens is 435 g/mol. The smallest absolute Gasteiger partial charge is 0.159 e. The van der Waals surface area contributed by atoms with Gasteiger partial charge in [0.15, 0.2) is 5.82 Å². The van der Waals surface area contributed by atoms with Crippen LogP contribution in [0, 0.1) is 0 Å². The summed E-state index contributed by atoms with van der Waals surface area (Å²) in [6.07, 6.45) is 15.4. The maximum atomic E-state index is 14.1. The summed E-state index contributed by atoms with van der Waals surface area (Å²) in [5, 5.41) is 0. The van der Waals surface area contributed by atoms with Crippen molar-refractivity contribution in [2.75, 3.05) is 6.61 Å². The fraction of sp³-hybridized carbons (Fsp3) is 0.484. The highest BCUT2D eigenvalue weighted by Crippen LogP contribution is 2.23. The molecule has 0 fully saturated rings. The van der Waals surface area contributed by atoms with Gasteiger partial charge in [-0.05, 0) is 54.7 Å². The Morgan fingerprint density at radius 2 is 1.29 bits per heavy atom. The van der Waals surface area contributed by atoms with E-state index < -0.39 is 6.17 Å². The van der Waals surface area contributed by atoms with E-state index >= 15 is 0 Å². The average Bonchev–Trinajstić information content (AvgIpc) is 2.91. The molecule has 0 bridgehead atoms.